The number of nitrogens with one attached hydrogen (secondary N) is 1. The minimum atomic E-state index is -0.502. The van der Waals surface area contributed by atoms with E-state index in [0.29, 0.717) is 29.3 Å². The zero-order chi connectivity index (χ0) is 33.4. The summed E-state index contributed by atoms with van der Waals surface area (Å²) in [5.41, 5.74) is 2.95. The van der Waals surface area contributed by atoms with Crippen molar-refractivity contribution in [3.63, 3.8) is 0 Å². The fraction of sp³-hybridized carbons (Fsp3) is 0.333. The highest BCUT2D eigenvalue weighted by Crippen LogP contribution is 2.69. The van der Waals surface area contributed by atoms with Gasteiger partial charge in [0.15, 0.2) is 11.5 Å². The van der Waals surface area contributed by atoms with Gasteiger partial charge in [0.2, 0.25) is 17.7 Å². The van der Waals surface area contributed by atoms with Gasteiger partial charge in [-0.25, -0.2) is 4.39 Å². The smallest absolute Gasteiger partial charge is 0.308 e. The number of fused-ring (bicyclic) bond motifs is 9. The van der Waals surface area contributed by atoms with Crippen molar-refractivity contribution in [3.05, 3.63) is 98.2 Å². The molecule has 48 heavy (non-hydrogen) atoms. The van der Waals surface area contributed by atoms with Crippen molar-refractivity contribution in [1.82, 2.24) is 4.57 Å². The van der Waals surface area contributed by atoms with E-state index in [1.807, 2.05) is 49.4 Å². The Balaban J connectivity index is 1.20. The number of carbonyl (C=O) groups excluding carboxylic acids is 3. The van der Waals surface area contributed by atoms with Crippen LogP contribution in [-0.4, -0.2) is 41.8 Å². The molecule has 2 saturated carbocycles. The normalized spacial score (nSPS) is 26.7. The van der Waals surface area contributed by atoms with Gasteiger partial charge in [-0.2, -0.15) is 0 Å². The highest BCUT2D eigenvalue weighted by Gasteiger charge is 2.70. The van der Waals surface area contributed by atoms with Crippen LogP contribution in [0.3, 0.4) is 0 Å². The number of thioether (sulfide) groups is 1. The molecule has 2 bridgehead atoms. The van der Waals surface area contributed by atoms with Gasteiger partial charge in [-0.1, -0.05) is 29.5 Å². The summed E-state index contributed by atoms with van der Waals surface area (Å²) in [6, 6.07) is 18.7. The molecule has 3 heterocycles. The number of nitrogens with zero attached hydrogens (tertiary/aromatic N) is 2. The van der Waals surface area contributed by atoms with E-state index < -0.39 is 17.7 Å². The third-order valence-electron chi connectivity index (χ3n) is 10.4. The Morgan fingerprint density at radius 3 is 2.38 bits per heavy atom. The summed E-state index contributed by atoms with van der Waals surface area (Å²) in [5, 5.41) is 3.57. The lowest BCUT2D eigenvalue weighted by atomic mass is 9.68. The SMILES string of the molecule is COc1ccc(C2c3sc(=O)n(CC(=O)Nc4cccc(C)c4)c3SC3C4CC(C5C(=O)N(c6ccc(F)cc6)C(=O)C45)C23)cc1OC. The van der Waals surface area contributed by atoms with Gasteiger partial charge in [0, 0.05) is 21.7 Å². The third kappa shape index (κ3) is 4.71. The Kier molecular flexibility index (Phi) is 7.48. The quantitative estimate of drug-likeness (QED) is 0.249. The summed E-state index contributed by atoms with van der Waals surface area (Å²) in [4.78, 5) is 56.8. The van der Waals surface area contributed by atoms with Gasteiger partial charge in [-0.15, -0.1) is 11.8 Å². The second-order valence-electron chi connectivity index (χ2n) is 12.9. The van der Waals surface area contributed by atoms with Crippen LogP contribution < -0.4 is 24.6 Å². The molecule has 9 nitrogen and oxygen atoms in total. The first kappa shape index (κ1) is 30.9. The van der Waals surface area contributed by atoms with E-state index in [-0.39, 0.29) is 58.1 Å². The second-order valence-corrected chi connectivity index (χ2v) is 15.1. The average Bonchev–Trinajstić information content (AvgIpc) is 3.79. The molecule has 1 saturated heterocycles. The lowest BCUT2D eigenvalue weighted by Crippen LogP contribution is -2.43. The van der Waals surface area contributed by atoms with Crippen LogP contribution in [0.25, 0.3) is 0 Å². The number of imide groups is 1. The largest absolute Gasteiger partial charge is 0.493 e. The molecule has 1 N–H and O–H groups in total. The van der Waals surface area contributed by atoms with Gasteiger partial charge in [0.25, 0.3) is 0 Å². The molecule has 3 aromatic carbocycles. The van der Waals surface area contributed by atoms with Crippen LogP contribution >= 0.6 is 23.1 Å². The number of aromatic nitrogens is 1. The fourth-order valence-corrected chi connectivity index (χ4v) is 11.7. The zero-order valence-corrected chi connectivity index (χ0v) is 28.0. The van der Waals surface area contributed by atoms with Crippen LogP contribution in [0.15, 0.2) is 76.6 Å². The molecule has 1 aromatic heterocycles. The number of hydrogen-bond acceptors (Lipinski definition) is 8. The van der Waals surface area contributed by atoms with Crippen molar-refractivity contribution in [2.75, 3.05) is 24.4 Å². The summed E-state index contributed by atoms with van der Waals surface area (Å²) in [6.07, 6.45) is 0.712. The second kappa shape index (κ2) is 11.6. The number of halogens is 1. The molecular weight excluding hydrogens is 654 g/mol. The average molecular weight is 686 g/mol. The summed E-state index contributed by atoms with van der Waals surface area (Å²) in [5.74, 6) is -1.69. The van der Waals surface area contributed by atoms with Gasteiger partial charge in [-0.3, -0.25) is 28.6 Å². The van der Waals surface area contributed by atoms with Crippen molar-refractivity contribution in [3.8, 4) is 11.5 Å². The number of amides is 3. The van der Waals surface area contributed by atoms with Gasteiger partial charge >= 0.3 is 4.87 Å². The predicted molar refractivity (Wildman–Crippen MR) is 180 cm³/mol. The van der Waals surface area contributed by atoms with Gasteiger partial charge < -0.3 is 14.8 Å². The number of thiazole rings is 1. The molecular formula is C36H32FN3O6S2. The number of carbonyl (C=O) groups is 3. The Labute approximate surface area is 284 Å². The Bertz CT molecular complexity index is 2040. The van der Waals surface area contributed by atoms with Crippen LogP contribution in [-0.2, 0) is 20.9 Å². The summed E-state index contributed by atoms with van der Waals surface area (Å²) in [7, 11) is 3.14. The van der Waals surface area contributed by atoms with Crippen LogP contribution in [0.4, 0.5) is 15.8 Å². The number of anilines is 2. The number of aryl methyl sites for hydroxylation is 1. The molecule has 12 heteroatoms. The molecule has 2 aliphatic carbocycles. The topological polar surface area (TPSA) is 107 Å². The number of rotatable bonds is 7. The fourth-order valence-electron chi connectivity index (χ4n) is 8.59. The first-order valence-corrected chi connectivity index (χ1v) is 17.5. The standard InChI is InChI=1S/C36H32FN3O6S2/c1-17-5-4-6-20(13-17)38-26(41)16-39-35-32(48-36(39)44)27(18-7-12-24(45-2)25(14-18)46-3)28-22-15-23(31(28)47-35)30-29(22)33(42)40(34(30)43)21-10-8-19(37)9-11-21/h4-14,22-23,27-31H,15-16H2,1-3H3,(H,38,41). The molecule has 8 rings (SSSR count). The number of hydrogen-bond donors (Lipinski definition) is 1. The maximum atomic E-state index is 14.0. The highest BCUT2D eigenvalue weighted by molar-refractivity contribution is 8.00. The van der Waals surface area contributed by atoms with E-state index >= 15 is 0 Å². The summed E-state index contributed by atoms with van der Waals surface area (Å²) >= 11 is 2.69. The maximum absolute atomic E-state index is 14.0. The Morgan fingerprint density at radius 1 is 0.938 bits per heavy atom. The monoisotopic (exact) mass is 685 g/mol. The van der Waals surface area contributed by atoms with E-state index in [1.165, 1.54) is 29.2 Å². The minimum absolute atomic E-state index is 0.0515. The van der Waals surface area contributed by atoms with E-state index in [1.54, 1.807) is 30.5 Å². The molecule has 7 atom stereocenters. The van der Waals surface area contributed by atoms with Gasteiger partial charge in [0.05, 0.1) is 36.8 Å². The lowest BCUT2D eigenvalue weighted by Gasteiger charge is -2.43. The Hall–Kier alpha value is -4.42. The van der Waals surface area contributed by atoms with Crippen LogP contribution in [0.2, 0.25) is 0 Å². The molecule has 7 unspecified atom stereocenters. The van der Waals surface area contributed by atoms with E-state index in [4.69, 9.17) is 9.47 Å². The number of methoxy groups -OCH3 is 2. The Morgan fingerprint density at radius 2 is 1.67 bits per heavy atom. The predicted octanol–water partition coefficient (Wildman–Crippen LogP) is 5.69. The van der Waals surface area contributed by atoms with E-state index in [9.17, 15) is 23.6 Å². The molecule has 0 spiro atoms. The third-order valence-corrected chi connectivity index (χ3v) is 13.2. The number of benzene rings is 3. The molecule has 3 amide bonds. The molecule has 3 fully saturated rings. The van der Waals surface area contributed by atoms with E-state index in [0.717, 1.165) is 32.4 Å². The van der Waals surface area contributed by atoms with Gasteiger partial charge in [-0.05, 0) is 90.8 Å². The zero-order valence-electron chi connectivity index (χ0n) is 26.3. The van der Waals surface area contributed by atoms with Gasteiger partial charge in [0.1, 0.15) is 12.4 Å². The molecule has 2 aliphatic heterocycles. The van der Waals surface area contributed by atoms with Crippen molar-refractivity contribution < 1.29 is 28.2 Å². The molecule has 0 radical (unpaired) electrons. The van der Waals surface area contributed by atoms with Crippen molar-refractivity contribution >= 4 is 52.2 Å². The summed E-state index contributed by atoms with van der Waals surface area (Å²) < 4.78 is 26.5. The van der Waals surface area contributed by atoms with Crippen LogP contribution in [0.1, 0.15) is 28.3 Å². The maximum Gasteiger partial charge on any atom is 0.308 e. The van der Waals surface area contributed by atoms with Crippen molar-refractivity contribution in [2.45, 2.75) is 36.1 Å². The van der Waals surface area contributed by atoms with E-state index in [2.05, 4.69) is 5.32 Å². The first-order valence-electron chi connectivity index (χ1n) is 15.8. The highest BCUT2D eigenvalue weighted by atomic mass is 32.2. The van der Waals surface area contributed by atoms with Crippen LogP contribution in [0.5, 0.6) is 11.5 Å². The molecule has 246 valence electrons. The minimum Gasteiger partial charge on any atom is -0.493 e. The molecule has 4 aliphatic rings. The summed E-state index contributed by atoms with van der Waals surface area (Å²) in [6.45, 7) is 1.79. The van der Waals surface area contributed by atoms with Crippen LogP contribution in [0, 0.1) is 42.3 Å². The number of ether oxygens (including phenoxy) is 2. The molecule has 4 aromatic rings. The van der Waals surface area contributed by atoms with Crippen molar-refractivity contribution in [2.24, 2.45) is 29.6 Å². The van der Waals surface area contributed by atoms with Crippen molar-refractivity contribution in [1.29, 1.82) is 0 Å². The lowest BCUT2D eigenvalue weighted by molar-refractivity contribution is -0.123. The first-order chi connectivity index (χ1) is 23.2.